The van der Waals surface area contributed by atoms with Gasteiger partial charge in [0.15, 0.2) is 11.5 Å². The minimum Gasteiger partial charge on any atom is -0.454 e. The van der Waals surface area contributed by atoms with Crippen molar-refractivity contribution in [3.63, 3.8) is 0 Å². The number of rotatable bonds is 10. The molecule has 1 aliphatic rings. The molecule has 9 nitrogen and oxygen atoms in total. The molecule has 0 saturated carbocycles. The zero-order chi connectivity index (χ0) is 25.3. The molecule has 4 rings (SSSR count). The van der Waals surface area contributed by atoms with E-state index >= 15 is 0 Å². The summed E-state index contributed by atoms with van der Waals surface area (Å²) in [7, 11) is 1.54. The number of carbonyl (C=O) groups is 2. The van der Waals surface area contributed by atoms with Crippen LogP contribution in [0.25, 0.3) is 0 Å². The van der Waals surface area contributed by atoms with Gasteiger partial charge in [0, 0.05) is 30.8 Å². The zero-order valence-electron chi connectivity index (χ0n) is 19.8. The number of amides is 3. The van der Waals surface area contributed by atoms with Crippen LogP contribution in [0.3, 0.4) is 0 Å². The number of hydrogen-bond acceptors (Lipinski definition) is 7. The maximum atomic E-state index is 13.5. The number of thiophene rings is 1. The fourth-order valence-corrected chi connectivity index (χ4v) is 4.35. The standard InChI is InChI=1S/C26H26N4O5S/c1-33-11-10-29(26(32)28-21-7-4-19(14-27)5-8-21)17-25(31)30(16-22-3-2-12-36-22)15-20-6-9-23-24(13-20)35-18-34-23/h2-9,12-13H,10-11,15-18H2,1H3,(H,28,32). The molecule has 0 bridgehead atoms. The van der Waals surface area contributed by atoms with Gasteiger partial charge in [0.1, 0.15) is 6.54 Å². The maximum absolute atomic E-state index is 13.5. The first-order chi connectivity index (χ1) is 17.6. The van der Waals surface area contributed by atoms with Crippen LogP contribution in [0.15, 0.2) is 60.0 Å². The van der Waals surface area contributed by atoms with Crippen molar-refractivity contribution in [2.45, 2.75) is 13.1 Å². The molecule has 1 aliphatic heterocycles. The molecule has 0 radical (unpaired) electrons. The largest absolute Gasteiger partial charge is 0.454 e. The molecule has 0 spiro atoms. The highest BCUT2D eigenvalue weighted by molar-refractivity contribution is 7.09. The minimum atomic E-state index is -0.427. The van der Waals surface area contributed by atoms with Crippen LogP contribution in [0, 0.1) is 11.3 Å². The smallest absolute Gasteiger partial charge is 0.322 e. The Bertz CT molecular complexity index is 1220. The van der Waals surface area contributed by atoms with Gasteiger partial charge in [0.2, 0.25) is 12.7 Å². The predicted molar refractivity (Wildman–Crippen MR) is 135 cm³/mol. The first kappa shape index (κ1) is 25.0. The zero-order valence-corrected chi connectivity index (χ0v) is 20.6. The predicted octanol–water partition coefficient (Wildman–Crippen LogP) is 4.06. The highest BCUT2D eigenvalue weighted by atomic mass is 32.1. The van der Waals surface area contributed by atoms with Gasteiger partial charge in [-0.2, -0.15) is 5.26 Å². The molecule has 0 unspecified atom stereocenters. The molecular formula is C26H26N4O5S. The van der Waals surface area contributed by atoms with Crippen molar-refractivity contribution < 1.29 is 23.8 Å². The lowest BCUT2D eigenvalue weighted by Gasteiger charge is -2.27. The second kappa shape index (κ2) is 12.1. The van der Waals surface area contributed by atoms with Gasteiger partial charge in [-0.25, -0.2) is 4.79 Å². The topological polar surface area (TPSA) is 104 Å². The summed E-state index contributed by atoms with van der Waals surface area (Å²) in [5.41, 5.74) is 1.92. The second-order valence-corrected chi connectivity index (χ2v) is 9.08. The Hall–Kier alpha value is -4.07. The number of urea groups is 1. The lowest BCUT2D eigenvalue weighted by atomic mass is 10.2. The average Bonchev–Trinajstić information content (AvgIpc) is 3.58. The van der Waals surface area contributed by atoms with E-state index in [1.807, 2.05) is 41.8 Å². The summed E-state index contributed by atoms with van der Waals surface area (Å²) in [5, 5.41) is 13.7. The molecule has 3 aromatic rings. The number of fused-ring (bicyclic) bond motifs is 1. The average molecular weight is 507 g/mol. The van der Waals surface area contributed by atoms with Crippen molar-refractivity contribution in [1.82, 2.24) is 9.80 Å². The van der Waals surface area contributed by atoms with Crippen molar-refractivity contribution in [3.05, 3.63) is 76.0 Å². The Labute approximate surface area is 213 Å². The molecule has 2 heterocycles. The summed E-state index contributed by atoms with van der Waals surface area (Å²) in [6.07, 6.45) is 0. The number of anilines is 1. The fraction of sp³-hybridized carbons (Fsp3) is 0.269. The molecule has 1 N–H and O–H groups in total. The van der Waals surface area contributed by atoms with E-state index in [9.17, 15) is 9.59 Å². The number of ether oxygens (including phenoxy) is 3. The van der Waals surface area contributed by atoms with E-state index in [-0.39, 0.29) is 32.4 Å². The first-order valence-electron chi connectivity index (χ1n) is 11.3. The number of carbonyl (C=O) groups excluding carboxylic acids is 2. The fourth-order valence-electron chi connectivity index (χ4n) is 3.63. The molecule has 0 atom stereocenters. The van der Waals surface area contributed by atoms with Gasteiger partial charge in [-0.1, -0.05) is 12.1 Å². The van der Waals surface area contributed by atoms with E-state index in [2.05, 4.69) is 5.32 Å². The van der Waals surface area contributed by atoms with Gasteiger partial charge in [-0.15, -0.1) is 11.3 Å². The number of methoxy groups -OCH3 is 1. The number of benzene rings is 2. The quantitative estimate of drug-likeness (QED) is 0.445. The molecule has 36 heavy (non-hydrogen) atoms. The van der Waals surface area contributed by atoms with E-state index in [0.29, 0.717) is 35.8 Å². The summed E-state index contributed by atoms with van der Waals surface area (Å²) in [4.78, 5) is 30.7. The molecule has 0 saturated heterocycles. The molecular weight excluding hydrogens is 480 g/mol. The van der Waals surface area contributed by atoms with Crippen LogP contribution in [0.2, 0.25) is 0 Å². The van der Waals surface area contributed by atoms with Crippen molar-refractivity contribution in [1.29, 1.82) is 5.26 Å². The number of nitrogens with one attached hydrogen (secondary N) is 1. The Morgan fingerprint density at radius 1 is 1.08 bits per heavy atom. The molecule has 2 aromatic carbocycles. The van der Waals surface area contributed by atoms with E-state index in [1.54, 1.807) is 47.6 Å². The van der Waals surface area contributed by atoms with Crippen LogP contribution in [0.5, 0.6) is 11.5 Å². The van der Waals surface area contributed by atoms with Gasteiger partial charge >= 0.3 is 6.03 Å². The second-order valence-electron chi connectivity index (χ2n) is 8.05. The lowest BCUT2D eigenvalue weighted by molar-refractivity contribution is -0.133. The Kier molecular flexibility index (Phi) is 8.39. The van der Waals surface area contributed by atoms with Crippen LogP contribution >= 0.6 is 11.3 Å². The summed E-state index contributed by atoms with van der Waals surface area (Å²) < 4.78 is 16.0. The van der Waals surface area contributed by atoms with Crippen LogP contribution in [0.4, 0.5) is 10.5 Å². The molecule has 186 valence electrons. The minimum absolute atomic E-state index is 0.124. The van der Waals surface area contributed by atoms with Gasteiger partial charge in [0.25, 0.3) is 0 Å². The van der Waals surface area contributed by atoms with E-state index < -0.39 is 6.03 Å². The normalized spacial score (nSPS) is 11.6. The van der Waals surface area contributed by atoms with Crippen LogP contribution < -0.4 is 14.8 Å². The third kappa shape index (κ3) is 6.53. The summed E-state index contributed by atoms with van der Waals surface area (Å²) in [6, 6.07) is 17.7. The molecule has 0 fully saturated rings. The van der Waals surface area contributed by atoms with Crippen LogP contribution in [-0.2, 0) is 22.6 Å². The Morgan fingerprint density at radius 2 is 1.89 bits per heavy atom. The monoisotopic (exact) mass is 506 g/mol. The van der Waals surface area contributed by atoms with Crippen molar-refractivity contribution in [2.75, 3.05) is 38.9 Å². The lowest BCUT2D eigenvalue weighted by Crippen LogP contribution is -2.45. The van der Waals surface area contributed by atoms with Gasteiger partial charge in [0.05, 0.1) is 24.8 Å². The maximum Gasteiger partial charge on any atom is 0.322 e. The first-order valence-corrected chi connectivity index (χ1v) is 12.2. The van der Waals surface area contributed by atoms with Crippen molar-refractivity contribution in [2.24, 2.45) is 0 Å². The third-order valence-electron chi connectivity index (χ3n) is 5.53. The Balaban J connectivity index is 1.48. The number of nitrogens with zero attached hydrogens (tertiary/aromatic N) is 3. The highest BCUT2D eigenvalue weighted by Crippen LogP contribution is 2.33. The SMILES string of the molecule is COCCN(CC(=O)N(Cc1ccc2c(c1)OCO2)Cc1cccs1)C(=O)Nc1ccc(C#N)cc1. The van der Waals surface area contributed by atoms with Gasteiger partial charge in [-0.3, -0.25) is 4.79 Å². The number of hydrogen-bond donors (Lipinski definition) is 1. The molecule has 3 amide bonds. The summed E-state index contributed by atoms with van der Waals surface area (Å²) in [6.45, 7) is 1.34. The van der Waals surface area contributed by atoms with Gasteiger partial charge < -0.3 is 29.3 Å². The molecule has 10 heteroatoms. The summed E-state index contributed by atoms with van der Waals surface area (Å²) in [5.74, 6) is 1.13. The van der Waals surface area contributed by atoms with E-state index in [4.69, 9.17) is 19.5 Å². The third-order valence-corrected chi connectivity index (χ3v) is 6.40. The van der Waals surface area contributed by atoms with Crippen LogP contribution in [-0.4, -0.2) is 55.3 Å². The summed E-state index contributed by atoms with van der Waals surface area (Å²) >= 11 is 1.57. The van der Waals surface area contributed by atoms with Crippen molar-refractivity contribution in [3.8, 4) is 17.6 Å². The van der Waals surface area contributed by atoms with Gasteiger partial charge in [-0.05, 0) is 53.4 Å². The molecule has 0 aliphatic carbocycles. The molecule has 1 aromatic heterocycles. The van der Waals surface area contributed by atoms with E-state index in [0.717, 1.165) is 10.4 Å². The van der Waals surface area contributed by atoms with Crippen LogP contribution in [0.1, 0.15) is 16.0 Å². The van der Waals surface area contributed by atoms with E-state index in [1.165, 1.54) is 4.90 Å². The Morgan fingerprint density at radius 3 is 2.61 bits per heavy atom. The highest BCUT2D eigenvalue weighted by Gasteiger charge is 2.23. The van der Waals surface area contributed by atoms with Crippen molar-refractivity contribution >= 4 is 29.0 Å². The number of nitriles is 1.